The van der Waals surface area contributed by atoms with Gasteiger partial charge in [-0.05, 0) is 24.3 Å². The Morgan fingerprint density at radius 1 is 1.18 bits per heavy atom. The quantitative estimate of drug-likeness (QED) is 0.926. The molecule has 1 saturated carbocycles. The molecule has 2 aliphatic heterocycles. The van der Waals surface area contributed by atoms with Crippen LogP contribution in [0.4, 0.5) is 4.79 Å². The van der Waals surface area contributed by atoms with E-state index in [4.69, 9.17) is 0 Å². The number of carbonyl (C=O) groups is 2. The SMILES string of the molecule is CN1C(=O)NC(c2ccccc2)C2=C1CN(CC1CC1)C2=O. The molecule has 3 amide bonds. The van der Waals surface area contributed by atoms with Crippen LogP contribution in [-0.2, 0) is 4.79 Å². The van der Waals surface area contributed by atoms with Crippen LogP contribution in [0, 0.1) is 5.92 Å². The first kappa shape index (κ1) is 13.4. The smallest absolute Gasteiger partial charge is 0.322 e. The summed E-state index contributed by atoms with van der Waals surface area (Å²) in [5, 5.41) is 2.96. The van der Waals surface area contributed by atoms with Gasteiger partial charge in [-0.3, -0.25) is 9.69 Å². The van der Waals surface area contributed by atoms with Crippen LogP contribution in [0.1, 0.15) is 24.4 Å². The second-order valence-corrected chi connectivity index (χ2v) is 6.34. The highest BCUT2D eigenvalue weighted by molar-refractivity contribution is 6.01. The molecular formula is C17H19N3O2. The predicted octanol–water partition coefficient (Wildman–Crippen LogP) is 1.89. The van der Waals surface area contributed by atoms with E-state index in [1.54, 1.807) is 11.9 Å². The molecule has 1 aromatic rings. The van der Waals surface area contributed by atoms with Crippen molar-refractivity contribution in [3.63, 3.8) is 0 Å². The zero-order chi connectivity index (χ0) is 15.3. The average molecular weight is 297 g/mol. The number of amides is 3. The molecule has 2 heterocycles. The largest absolute Gasteiger partial charge is 0.333 e. The molecule has 0 saturated heterocycles. The second kappa shape index (κ2) is 4.87. The van der Waals surface area contributed by atoms with Crippen LogP contribution in [0.15, 0.2) is 41.6 Å². The van der Waals surface area contributed by atoms with E-state index in [-0.39, 0.29) is 18.0 Å². The van der Waals surface area contributed by atoms with Gasteiger partial charge in [0.25, 0.3) is 5.91 Å². The van der Waals surface area contributed by atoms with Crippen molar-refractivity contribution in [2.45, 2.75) is 18.9 Å². The highest BCUT2D eigenvalue weighted by Gasteiger charge is 2.43. The van der Waals surface area contributed by atoms with Crippen LogP contribution in [0.2, 0.25) is 0 Å². The Hall–Kier alpha value is -2.30. The van der Waals surface area contributed by atoms with Gasteiger partial charge in [-0.15, -0.1) is 0 Å². The highest BCUT2D eigenvalue weighted by atomic mass is 16.2. The highest BCUT2D eigenvalue weighted by Crippen LogP contribution is 2.38. The lowest BCUT2D eigenvalue weighted by Gasteiger charge is -2.31. The van der Waals surface area contributed by atoms with Gasteiger partial charge in [-0.2, -0.15) is 0 Å². The first-order chi connectivity index (χ1) is 10.6. The molecule has 22 heavy (non-hydrogen) atoms. The minimum Gasteiger partial charge on any atom is -0.333 e. The molecule has 1 fully saturated rings. The van der Waals surface area contributed by atoms with Gasteiger partial charge in [0.1, 0.15) is 0 Å². The van der Waals surface area contributed by atoms with Gasteiger partial charge in [-0.1, -0.05) is 30.3 Å². The Morgan fingerprint density at radius 2 is 1.91 bits per heavy atom. The van der Waals surface area contributed by atoms with Crippen LogP contribution >= 0.6 is 0 Å². The summed E-state index contributed by atoms with van der Waals surface area (Å²) in [4.78, 5) is 28.5. The second-order valence-electron chi connectivity index (χ2n) is 6.34. The minimum atomic E-state index is -0.336. The van der Waals surface area contributed by atoms with Crippen molar-refractivity contribution in [3.05, 3.63) is 47.2 Å². The van der Waals surface area contributed by atoms with Gasteiger partial charge < -0.3 is 10.2 Å². The Kier molecular flexibility index (Phi) is 2.96. The topological polar surface area (TPSA) is 52.7 Å². The van der Waals surface area contributed by atoms with E-state index in [1.165, 1.54) is 12.8 Å². The summed E-state index contributed by atoms with van der Waals surface area (Å²) in [5.74, 6) is 0.719. The molecule has 0 radical (unpaired) electrons. The van der Waals surface area contributed by atoms with Gasteiger partial charge in [0, 0.05) is 13.6 Å². The Bertz CT molecular complexity index is 664. The first-order valence-corrected chi connectivity index (χ1v) is 7.76. The standard InChI is InChI=1S/C17H19N3O2/c1-19-13-10-20(9-11-7-8-11)16(21)14(13)15(18-17(19)22)12-5-3-2-4-6-12/h2-6,11,15H,7-10H2,1H3,(H,18,22). The molecule has 114 valence electrons. The molecule has 1 atom stereocenters. The van der Waals surface area contributed by atoms with Crippen molar-refractivity contribution in [3.8, 4) is 0 Å². The first-order valence-electron chi connectivity index (χ1n) is 7.76. The van der Waals surface area contributed by atoms with Crippen molar-refractivity contribution >= 4 is 11.9 Å². The van der Waals surface area contributed by atoms with Gasteiger partial charge in [0.15, 0.2) is 0 Å². The molecule has 5 heteroatoms. The summed E-state index contributed by atoms with van der Waals surface area (Å²) >= 11 is 0. The number of nitrogens with one attached hydrogen (secondary N) is 1. The normalized spacial score (nSPS) is 24.7. The van der Waals surface area contributed by atoms with Crippen molar-refractivity contribution in [1.82, 2.24) is 15.1 Å². The molecule has 1 aromatic carbocycles. The third-order valence-corrected chi connectivity index (χ3v) is 4.74. The lowest BCUT2D eigenvalue weighted by Crippen LogP contribution is -2.45. The molecule has 1 N–H and O–H groups in total. The fourth-order valence-electron chi connectivity index (χ4n) is 3.28. The van der Waals surface area contributed by atoms with Gasteiger partial charge in [0.05, 0.1) is 23.9 Å². The average Bonchev–Trinajstić information content (AvgIpc) is 3.29. The zero-order valence-electron chi connectivity index (χ0n) is 12.6. The van der Waals surface area contributed by atoms with Crippen LogP contribution in [0.25, 0.3) is 0 Å². The number of urea groups is 1. The monoisotopic (exact) mass is 297 g/mol. The maximum absolute atomic E-state index is 12.8. The number of benzene rings is 1. The van der Waals surface area contributed by atoms with E-state index in [2.05, 4.69) is 5.32 Å². The van der Waals surface area contributed by atoms with E-state index in [9.17, 15) is 9.59 Å². The van der Waals surface area contributed by atoms with E-state index < -0.39 is 0 Å². The summed E-state index contributed by atoms with van der Waals surface area (Å²) in [7, 11) is 1.74. The zero-order valence-corrected chi connectivity index (χ0v) is 12.6. The predicted molar refractivity (Wildman–Crippen MR) is 81.8 cm³/mol. The van der Waals surface area contributed by atoms with Crippen LogP contribution in [0.3, 0.4) is 0 Å². The Morgan fingerprint density at radius 3 is 2.59 bits per heavy atom. The number of likely N-dealkylation sites (N-methyl/N-ethyl adjacent to an activating group) is 1. The van der Waals surface area contributed by atoms with E-state index in [1.807, 2.05) is 35.2 Å². The molecule has 0 bridgehead atoms. The fourth-order valence-corrected chi connectivity index (χ4v) is 3.28. The Labute approximate surface area is 129 Å². The molecule has 0 aromatic heterocycles. The summed E-state index contributed by atoms with van der Waals surface area (Å²) in [6.07, 6.45) is 2.42. The molecule has 1 unspecified atom stereocenters. The van der Waals surface area contributed by atoms with Crippen molar-refractivity contribution in [2.24, 2.45) is 5.92 Å². The number of rotatable bonds is 3. The van der Waals surface area contributed by atoms with Gasteiger partial charge in [-0.25, -0.2) is 4.79 Å². The summed E-state index contributed by atoms with van der Waals surface area (Å²) in [5.41, 5.74) is 2.54. The lowest BCUT2D eigenvalue weighted by atomic mass is 9.96. The summed E-state index contributed by atoms with van der Waals surface area (Å²) < 4.78 is 0. The van der Waals surface area contributed by atoms with E-state index in [0.29, 0.717) is 12.5 Å². The van der Waals surface area contributed by atoms with Crippen LogP contribution in [0.5, 0.6) is 0 Å². The molecule has 3 aliphatic rings. The Balaban J connectivity index is 1.70. The van der Waals surface area contributed by atoms with Gasteiger partial charge in [0.2, 0.25) is 0 Å². The maximum Gasteiger partial charge on any atom is 0.322 e. The van der Waals surface area contributed by atoms with E-state index in [0.717, 1.165) is 23.4 Å². The van der Waals surface area contributed by atoms with Crippen LogP contribution in [-0.4, -0.2) is 41.9 Å². The summed E-state index contributed by atoms with van der Waals surface area (Å²) in [6, 6.07) is 9.23. The summed E-state index contributed by atoms with van der Waals surface area (Å²) in [6.45, 7) is 1.37. The lowest BCUT2D eigenvalue weighted by molar-refractivity contribution is -0.126. The molecular weight excluding hydrogens is 278 g/mol. The van der Waals surface area contributed by atoms with Gasteiger partial charge >= 0.3 is 6.03 Å². The van der Waals surface area contributed by atoms with Crippen LogP contribution < -0.4 is 5.32 Å². The molecule has 5 nitrogen and oxygen atoms in total. The number of nitrogens with zero attached hydrogens (tertiary/aromatic N) is 2. The third-order valence-electron chi connectivity index (χ3n) is 4.74. The minimum absolute atomic E-state index is 0.0719. The number of hydrogen-bond acceptors (Lipinski definition) is 2. The third kappa shape index (κ3) is 2.08. The van der Waals surface area contributed by atoms with Crippen molar-refractivity contribution < 1.29 is 9.59 Å². The number of carbonyl (C=O) groups excluding carboxylic acids is 2. The molecule has 1 aliphatic carbocycles. The fraction of sp³-hybridized carbons (Fsp3) is 0.412. The van der Waals surface area contributed by atoms with Crippen molar-refractivity contribution in [1.29, 1.82) is 0 Å². The molecule has 4 rings (SSSR count). The van der Waals surface area contributed by atoms with E-state index >= 15 is 0 Å². The van der Waals surface area contributed by atoms with Crippen molar-refractivity contribution in [2.75, 3.05) is 20.1 Å². The molecule has 0 spiro atoms. The maximum atomic E-state index is 12.8. The number of hydrogen-bond donors (Lipinski definition) is 1.